The van der Waals surface area contributed by atoms with Crippen molar-refractivity contribution in [2.24, 2.45) is 0 Å². The number of Topliss-reactive ketones (excluding diaryl/α,β-unsaturated/α-hetero) is 1. The van der Waals surface area contributed by atoms with E-state index in [4.69, 9.17) is 5.11 Å². The largest absolute Gasteiger partial charge is 0.394 e. The second-order valence-corrected chi connectivity index (χ2v) is 4.05. The van der Waals surface area contributed by atoms with Crippen molar-refractivity contribution in [1.82, 2.24) is 5.32 Å². The predicted molar refractivity (Wildman–Crippen MR) is 64.7 cm³/mol. The molecule has 0 spiro atoms. The van der Waals surface area contributed by atoms with Gasteiger partial charge in [0, 0.05) is 18.9 Å². The maximum Gasteiger partial charge on any atom is 0.220 e. The molecule has 0 heterocycles. The first-order valence-electron chi connectivity index (χ1n) is 5.72. The van der Waals surface area contributed by atoms with E-state index in [1.54, 1.807) is 13.0 Å². The molecule has 0 saturated carbocycles. The second kappa shape index (κ2) is 6.86. The summed E-state index contributed by atoms with van der Waals surface area (Å²) in [5.74, 6) is -1.31. The SMILES string of the molecule is CC(CO)NC(=O)CCC(=O)c1ccccc1F. The average molecular weight is 253 g/mol. The lowest BCUT2D eigenvalue weighted by atomic mass is 10.1. The smallest absolute Gasteiger partial charge is 0.220 e. The lowest BCUT2D eigenvalue weighted by molar-refractivity contribution is -0.121. The first-order chi connectivity index (χ1) is 8.54. The van der Waals surface area contributed by atoms with Crippen molar-refractivity contribution in [3.8, 4) is 0 Å². The summed E-state index contributed by atoms with van der Waals surface area (Å²) in [4.78, 5) is 23.0. The quantitative estimate of drug-likeness (QED) is 0.751. The molecule has 1 aromatic rings. The highest BCUT2D eigenvalue weighted by Gasteiger charge is 2.13. The molecule has 0 radical (unpaired) electrons. The number of aliphatic hydroxyl groups is 1. The van der Waals surface area contributed by atoms with Gasteiger partial charge >= 0.3 is 0 Å². The number of amides is 1. The lowest BCUT2D eigenvalue weighted by Gasteiger charge is -2.10. The molecule has 1 rings (SSSR count). The highest BCUT2D eigenvalue weighted by molar-refractivity contribution is 5.98. The molecular formula is C13H16FNO3. The minimum Gasteiger partial charge on any atom is -0.394 e. The minimum atomic E-state index is -0.577. The van der Waals surface area contributed by atoms with Crippen molar-refractivity contribution in [2.45, 2.75) is 25.8 Å². The zero-order chi connectivity index (χ0) is 13.5. The van der Waals surface area contributed by atoms with Gasteiger partial charge in [0.05, 0.1) is 12.2 Å². The lowest BCUT2D eigenvalue weighted by Crippen LogP contribution is -2.35. The molecule has 4 nitrogen and oxygen atoms in total. The van der Waals surface area contributed by atoms with Crippen molar-refractivity contribution >= 4 is 11.7 Å². The standard InChI is InChI=1S/C13H16FNO3/c1-9(8-16)15-13(18)7-6-12(17)10-4-2-3-5-11(10)14/h2-5,9,16H,6-8H2,1H3,(H,15,18). The molecule has 18 heavy (non-hydrogen) atoms. The van der Waals surface area contributed by atoms with E-state index < -0.39 is 11.6 Å². The van der Waals surface area contributed by atoms with Crippen LogP contribution in [-0.2, 0) is 4.79 Å². The monoisotopic (exact) mass is 253 g/mol. The van der Waals surface area contributed by atoms with Crippen LogP contribution in [0.25, 0.3) is 0 Å². The number of hydrogen-bond acceptors (Lipinski definition) is 3. The third kappa shape index (κ3) is 4.25. The molecule has 0 aromatic heterocycles. The van der Waals surface area contributed by atoms with E-state index in [1.165, 1.54) is 18.2 Å². The van der Waals surface area contributed by atoms with Crippen LogP contribution in [0.5, 0.6) is 0 Å². The van der Waals surface area contributed by atoms with Crippen LogP contribution in [0.2, 0.25) is 0 Å². The Balaban J connectivity index is 2.47. The summed E-state index contributed by atoms with van der Waals surface area (Å²) < 4.78 is 13.3. The van der Waals surface area contributed by atoms with Gasteiger partial charge in [0.15, 0.2) is 5.78 Å². The molecule has 1 unspecified atom stereocenters. The third-order valence-electron chi connectivity index (χ3n) is 2.43. The first kappa shape index (κ1) is 14.3. The molecule has 1 amide bonds. The maximum atomic E-state index is 13.3. The Morgan fingerprint density at radius 1 is 1.33 bits per heavy atom. The van der Waals surface area contributed by atoms with E-state index in [0.717, 1.165) is 0 Å². The molecule has 0 aliphatic rings. The topological polar surface area (TPSA) is 66.4 Å². The van der Waals surface area contributed by atoms with Crippen molar-refractivity contribution in [3.63, 3.8) is 0 Å². The van der Waals surface area contributed by atoms with E-state index in [9.17, 15) is 14.0 Å². The fourth-order valence-electron chi connectivity index (χ4n) is 1.44. The molecule has 2 N–H and O–H groups in total. The fraction of sp³-hybridized carbons (Fsp3) is 0.385. The van der Waals surface area contributed by atoms with Crippen molar-refractivity contribution in [2.75, 3.05) is 6.61 Å². The van der Waals surface area contributed by atoms with E-state index in [2.05, 4.69) is 5.32 Å². The molecule has 98 valence electrons. The van der Waals surface area contributed by atoms with Crippen LogP contribution in [0.3, 0.4) is 0 Å². The molecule has 1 atom stereocenters. The van der Waals surface area contributed by atoms with Gasteiger partial charge in [-0.1, -0.05) is 12.1 Å². The van der Waals surface area contributed by atoms with Crippen LogP contribution in [0.1, 0.15) is 30.1 Å². The Kier molecular flexibility index (Phi) is 5.45. The molecule has 1 aromatic carbocycles. The zero-order valence-electron chi connectivity index (χ0n) is 10.1. The number of benzene rings is 1. The number of hydrogen-bond donors (Lipinski definition) is 2. The van der Waals surface area contributed by atoms with E-state index in [0.29, 0.717) is 0 Å². The summed E-state index contributed by atoms with van der Waals surface area (Å²) >= 11 is 0. The number of ketones is 1. The van der Waals surface area contributed by atoms with Crippen LogP contribution in [-0.4, -0.2) is 29.4 Å². The van der Waals surface area contributed by atoms with Gasteiger partial charge < -0.3 is 10.4 Å². The molecule has 0 bridgehead atoms. The average Bonchev–Trinajstić information content (AvgIpc) is 2.36. The van der Waals surface area contributed by atoms with Crippen LogP contribution in [0, 0.1) is 5.82 Å². The summed E-state index contributed by atoms with van der Waals surface area (Å²) in [6, 6.07) is 5.33. The van der Waals surface area contributed by atoms with Crippen LogP contribution in [0.15, 0.2) is 24.3 Å². The number of nitrogens with one attached hydrogen (secondary N) is 1. The first-order valence-corrected chi connectivity index (χ1v) is 5.72. The van der Waals surface area contributed by atoms with Crippen LogP contribution in [0.4, 0.5) is 4.39 Å². The molecule has 5 heteroatoms. The summed E-state index contributed by atoms with van der Waals surface area (Å²) in [6.45, 7) is 1.49. The predicted octanol–water partition coefficient (Wildman–Crippen LogP) is 1.29. The number of carbonyl (C=O) groups excluding carboxylic acids is 2. The van der Waals surface area contributed by atoms with Crippen molar-refractivity contribution < 1.29 is 19.1 Å². The van der Waals surface area contributed by atoms with Gasteiger partial charge in [-0.3, -0.25) is 9.59 Å². The highest BCUT2D eigenvalue weighted by Crippen LogP contribution is 2.10. The molecule has 0 aliphatic carbocycles. The number of carbonyl (C=O) groups is 2. The Morgan fingerprint density at radius 3 is 2.61 bits per heavy atom. The molecular weight excluding hydrogens is 237 g/mol. The fourth-order valence-corrected chi connectivity index (χ4v) is 1.44. The maximum absolute atomic E-state index is 13.3. The van der Waals surface area contributed by atoms with E-state index in [-0.39, 0.29) is 37.0 Å². The molecule has 0 fully saturated rings. The van der Waals surface area contributed by atoms with Gasteiger partial charge in [0.1, 0.15) is 5.82 Å². The van der Waals surface area contributed by atoms with Gasteiger partial charge in [0.2, 0.25) is 5.91 Å². The Labute approximate surface area is 105 Å². The minimum absolute atomic E-state index is 0.000469. The highest BCUT2D eigenvalue weighted by atomic mass is 19.1. The second-order valence-electron chi connectivity index (χ2n) is 4.05. The third-order valence-corrected chi connectivity index (χ3v) is 2.43. The Morgan fingerprint density at radius 2 is 2.00 bits per heavy atom. The summed E-state index contributed by atoms with van der Waals surface area (Å²) in [5.41, 5.74) is 0.000469. The summed E-state index contributed by atoms with van der Waals surface area (Å²) in [7, 11) is 0. The zero-order valence-corrected chi connectivity index (χ0v) is 10.1. The van der Waals surface area contributed by atoms with Crippen molar-refractivity contribution in [3.05, 3.63) is 35.6 Å². The molecule has 0 saturated heterocycles. The van der Waals surface area contributed by atoms with Gasteiger partial charge in [-0.05, 0) is 19.1 Å². The van der Waals surface area contributed by atoms with Gasteiger partial charge in [0.25, 0.3) is 0 Å². The van der Waals surface area contributed by atoms with Crippen LogP contribution < -0.4 is 5.32 Å². The summed E-state index contributed by atoms with van der Waals surface area (Å²) in [6.07, 6.45) is -0.0670. The number of aliphatic hydroxyl groups excluding tert-OH is 1. The van der Waals surface area contributed by atoms with E-state index >= 15 is 0 Å². The Bertz CT molecular complexity index is 434. The van der Waals surface area contributed by atoms with Gasteiger partial charge in [-0.15, -0.1) is 0 Å². The summed E-state index contributed by atoms with van der Waals surface area (Å²) in [5, 5.41) is 11.3. The normalized spacial score (nSPS) is 11.9. The van der Waals surface area contributed by atoms with Gasteiger partial charge in [-0.2, -0.15) is 0 Å². The van der Waals surface area contributed by atoms with Gasteiger partial charge in [-0.25, -0.2) is 4.39 Å². The number of rotatable bonds is 6. The van der Waals surface area contributed by atoms with E-state index in [1.807, 2.05) is 0 Å². The number of halogens is 1. The van der Waals surface area contributed by atoms with Crippen molar-refractivity contribution in [1.29, 1.82) is 0 Å². The van der Waals surface area contributed by atoms with Crippen LogP contribution >= 0.6 is 0 Å². The molecule has 0 aliphatic heterocycles. The Hall–Kier alpha value is -1.75.